The van der Waals surface area contributed by atoms with Crippen molar-refractivity contribution < 1.29 is 33.4 Å². The van der Waals surface area contributed by atoms with Gasteiger partial charge in [-0.15, -0.1) is 0 Å². The minimum absolute atomic E-state index is 0.0633. The molecule has 0 aromatic rings. The van der Waals surface area contributed by atoms with Gasteiger partial charge in [-0.05, 0) is 56.3 Å². The van der Waals surface area contributed by atoms with Gasteiger partial charge in [0.25, 0.3) is 0 Å². The van der Waals surface area contributed by atoms with Gasteiger partial charge in [-0.2, -0.15) is 0 Å². The van der Waals surface area contributed by atoms with Crippen molar-refractivity contribution >= 4 is 17.2 Å². The lowest BCUT2D eigenvalue weighted by atomic mass is 9.61. The standard InChI is InChI=1S/C46H96O7P2/c1-40(2)30-22-14-10-18-26-34-45(35-27-19-11-15-23-31-41(3)4,36-28-20-12-16-24-32-42(5)6)46(53-55(49)50,39-51-44(9)38-52-54(47)48)37-29-21-13-17-25-33-43(7)8/h40-44,47-50H,10-39H2,1-9H3. The van der Waals surface area contributed by atoms with Crippen LogP contribution in [-0.2, 0) is 13.8 Å². The summed E-state index contributed by atoms with van der Waals surface area (Å²) in [5.74, 6) is 2.97. The Balaban J connectivity index is 6.60. The van der Waals surface area contributed by atoms with E-state index in [0.717, 1.165) is 81.5 Å². The van der Waals surface area contributed by atoms with Crippen LogP contribution < -0.4 is 0 Å². The Hall–Kier alpha value is 0.580. The van der Waals surface area contributed by atoms with E-state index < -0.39 is 28.9 Å². The molecule has 7 nitrogen and oxygen atoms in total. The smallest absolute Gasteiger partial charge is 0.327 e. The molecule has 0 aromatic heterocycles. The zero-order valence-corrected chi connectivity index (χ0v) is 39.8. The second-order valence-corrected chi connectivity index (χ2v) is 20.5. The van der Waals surface area contributed by atoms with Crippen LogP contribution in [0.2, 0.25) is 0 Å². The third kappa shape index (κ3) is 31.2. The van der Waals surface area contributed by atoms with Crippen LogP contribution in [0.1, 0.15) is 242 Å². The largest absolute Gasteiger partial charge is 0.373 e. The van der Waals surface area contributed by atoms with Gasteiger partial charge in [0.1, 0.15) is 5.60 Å². The lowest BCUT2D eigenvalue weighted by molar-refractivity contribution is -0.151. The van der Waals surface area contributed by atoms with Crippen LogP contribution in [0.3, 0.4) is 0 Å². The number of unbranched alkanes of at least 4 members (excludes halogenated alkanes) is 16. The maximum Gasteiger partial charge on any atom is 0.327 e. The molecule has 332 valence electrons. The normalized spacial score (nSPS) is 14.5. The van der Waals surface area contributed by atoms with Crippen molar-refractivity contribution in [3.05, 3.63) is 0 Å². The zero-order valence-electron chi connectivity index (χ0n) is 38.0. The molecule has 0 saturated heterocycles. The van der Waals surface area contributed by atoms with Crippen LogP contribution in [0.5, 0.6) is 0 Å². The second-order valence-electron chi connectivity index (χ2n) is 19.1. The first-order valence-electron chi connectivity index (χ1n) is 23.4. The summed E-state index contributed by atoms with van der Waals surface area (Å²) < 4.78 is 18.4. The number of rotatable bonds is 41. The SMILES string of the molecule is CC(C)CCCCCCCC(CCCCCCCC(C)C)(CCCCCCCC(C)C)C(CCCCCCCC(C)C)(COC(C)COP(O)O)OP(O)O. The molecule has 4 N–H and O–H groups in total. The van der Waals surface area contributed by atoms with E-state index in [4.69, 9.17) is 13.8 Å². The molecule has 0 radical (unpaired) electrons. The summed E-state index contributed by atoms with van der Waals surface area (Å²) in [7, 11) is -5.10. The van der Waals surface area contributed by atoms with Crippen LogP contribution in [0.15, 0.2) is 0 Å². The molecule has 0 spiro atoms. The Kier molecular flexibility index (Phi) is 35.7. The molecular formula is C46H96O7P2. The minimum atomic E-state index is -2.63. The zero-order chi connectivity index (χ0) is 41.4. The molecule has 55 heavy (non-hydrogen) atoms. The maximum absolute atomic E-state index is 10.8. The lowest BCUT2D eigenvalue weighted by Crippen LogP contribution is -2.54. The van der Waals surface area contributed by atoms with Gasteiger partial charge in [-0.25, -0.2) is 0 Å². The first-order chi connectivity index (χ1) is 26.1. The van der Waals surface area contributed by atoms with Crippen molar-refractivity contribution in [3.8, 4) is 0 Å². The monoisotopic (exact) mass is 823 g/mol. The average molecular weight is 823 g/mol. The predicted octanol–water partition coefficient (Wildman–Crippen LogP) is 15.1. The van der Waals surface area contributed by atoms with E-state index in [9.17, 15) is 19.6 Å². The fourth-order valence-electron chi connectivity index (χ4n) is 8.50. The molecule has 0 aliphatic heterocycles. The molecule has 0 aliphatic rings. The summed E-state index contributed by atoms with van der Waals surface area (Å²) >= 11 is 0. The molecule has 0 saturated carbocycles. The van der Waals surface area contributed by atoms with Gasteiger partial charge in [-0.3, -0.25) is 0 Å². The van der Waals surface area contributed by atoms with E-state index in [-0.39, 0.29) is 18.6 Å². The first kappa shape index (κ1) is 55.6. The molecule has 0 aliphatic carbocycles. The van der Waals surface area contributed by atoms with Crippen LogP contribution in [0, 0.1) is 29.1 Å². The first-order valence-corrected chi connectivity index (χ1v) is 25.8. The lowest BCUT2D eigenvalue weighted by Gasteiger charge is -2.51. The van der Waals surface area contributed by atoms with Gasteiger partial charge in [0, 0.05) is 5.41 Å². The van der Waals surface area contributed by atoms with Crippen LogP contribution in [-0.4, -0.2) is 44.5 Å². The number of ether oxygens (including phenoxy) is 1. The Morgan fingerprint density at radius 2 is 0.709 bits per heavy atom. The highest BCUT2D eigenvalue weighted by atomic mass is 31.2. The fraction of sp³-hybridized carbons (Fsp3) is 1.00. The minimum Gasteiger partial charge on any atom is -0.373 e. The summed E-state index contributed by atoms with van der Waals surface area (Å²) in [5.41, 5.74) is -1.11. The predicted molar refractivity (Wildman–Crippen MR) is 239 cm³/mol. The summed E-state index contributed by atoms with van der Waals surface area (Å²) in [6.45, 7) is 20.7. The summed E-state index contributed by atoms with van der Waals surface area (Å²) in [5, 5.41) is 0. The molecule has 0 bridgehead atoms. The highest BCUT2D eigenvalue weighted by molar-refractivity contribution is 7.39. The average Bonchev–Trinajstić information content (AvgIpc) is 3.10. The van der Waals surface area contributed by atoms with Crippen molar-refractivity contribution in [2.75, 3.05) is 13.2 Å². The van der Waals surface area contributed by atoms with E-state index >= 15 is 0 Å². The number of hydrogen-bond donors (Lipinski definition) is 4. The molecule has 9 heteroatoms. The third-order valence-electron chi connectivity index (χ3n) is 11.9. The Labute approximate surface area is 345 Å². The van der Waals surface area contributed by atoms with Gasteiger partial charge in [0.05, 0.1) is 19.3 Å². The molecule has 2 unspecified atom stereocenters. The highest BCUT2D eigenvalue weighted by Crippen LogP contribution is 2.55. The summed E-state index contributed by atoms with van der Waals surface area (Å²) in [4.78, 5) is 40.6. The second kappa shape index (κ2) is 35.3. The van der Waals surface area contributed by atoms with Crippen molar-refractivity contribution in [2.45, 2.75) is 254 Å². The van der Waals surface area contributed by atoms with Gasteiger partial charge in [0.2, 0.25) is 0 Å². The topological polar surface area (TPSA) is 109 Å². The highest BCUT2D eigenvalue weighted by Gasteiger charge is 2.52. The Bertz CT molecular complexity index is 771. The number of hydrogen-bond acceptors (Lipinski definition) is 7. The van der Waals surface area contributed by atoms with Crippen LogP contribution in [0.25, 0.3) is 0 Å². The van der Waals surface area contributed by atoms with E-state index in [2.05, 4.69) is 55.4 Å². The Morgan fingerprint density at radius 1 is 0.400 bits per heavy atom. The maximum atomic E-state index is 10.8. The van der Waals surface area contributed by atoms with Gasteiger partial charge in [0.15, 0.2) is 0 Å². The summed E-state index contributed by atoms with van der Waals surface area (Å²) in [6.07, 6.45) is 32.5. The van der Waals surface area contributed by atoms with Gasteiger partial charge < -0.3 is 33.4 Å². The van der Waals surface area contributed by atoms with Gasteiger partial charge >= 0.3 is 17.2 Å². The quantitative estimate of drug-likeness (QED) is 0.0359. The molecular weight excluding hydrogens is 726 g/mol. The molecule has 0 heterocycles. The molecule has 0 amide bonds. The van der Waals surface area contributed by atoms with Crippen molar-refractivity contribution in [3.63, 3.8) is 0 Å². The van der Waals surface area contributed by atoms with Crippen molar-refractivity contribution in [2.24, 2.45) is 29.1 Å². The van der Waals surface area contributed by atoms with E-state index in [1.807, 2.05) is 6.92 Å². The third-order valence-corrected chi connectivity index (χ3v) is 12.8. The van der Waals surface area contributed by atoms with Crippen LogP contribution >= 0.6 is 17.2 Å². The van der Waals surface area contributed by atoms with Gasteiger partial charge in [-0.1, -0.05) is 209 Å². The summed E-state index contributed by atoms with van der Waals surface area (Å²) in [6, 6.07) is 0. The molecule has 0 fully saturated rings. The Morgan fingerprint density at radius 3 is 1.02 bits per heavy atom. The van der Waals surface area contributed by atoms with Crippen molar-refractivity contribution in [1.29, 1.82) is 0 Å². The molecule has 0 aromatic carbocycles. The van der Waals surface area contributed by atoms with E-state index in [1.54, 1.807) is 0 Å². The van der Waals surface area contributed by atoms with E-state index in [1.165, 1.54) is 122 Å². The van der Waals surface area contributed by atoms with E-state index in [0.29, 0.717) is 0 Å². The van der Waals surface area contributed by atoms with Crippen LogP contribution in [0.4, 0.5) is 0 Å². The molecule has 0 rings (SSSR count). The molecule has 2 atom stereocenters. The fourth-order valence-corrected chi connectivity index (χ4v) is 9.50. The van der Waals surface area contributed by atoms with Crippen molar-refractivity contribution in [1.82, 2.24) is 0 Å².